The zero-order valence-corrected chi connectivity index (χ0v) is 12.3. The average Bonchev–Trinajstić information content (AvgIpc) is 2.68. The number of ether oxygens (including phenoxy) is 1. The lowest BCUT2D eigenvalue weighted by molar-refractivity contribution is -0.113. The van der Waals surface area contributed by atoms with Crippen molar-refractivity contribution >= 4 is 5.78 Å². The van der Waals surface area contributed by atoms with Crippen LogP contribution in [0.1, 0.15) is 60.9 Å². The first-order chi connectivity index (χ1) is 8.96. The molecule has 3 rings (SSSR count). The highest BCUT2D eigenvalue weighted by molar-refractivity contribution is 5.98. The molecule has 0 radical (unpaired) electrons. The molecule has 2 unspecified atom stereocenters. The lowest BCUT2D eigenvalue weighted by atomic mass is 9.64. The summed E-state index contributed by atoms with van der Waals surface area (Å²) in [5.41, 5.74) is 3.61. The summed E-state index contributed by atoms with van der Waals surface area (Å²) in [5, 5.41) is 0. The van der Waals surface area contributed by atoms with Crippen LogP contribution >= 0.6 is 0 Å². The molecule has 2 atom stereocenters. The van der Waals surface area contributed by atoms with Crippen LogP contribution in [0.5, 0.6) is 0 Å². The molecule has 2 aliphatic carbocycles. The zero-order chi connectivity index (χ0) is 13.8. The van der Waals surface area contributed by atoms with E-state index in [-0.39, 0.29) is 5.41 Å². The number of methoxy groups -OCH3 is 1. The highest BCUT2D eigenvalue weighted by atomic mass is 16.5. The van der Waals surface area contributed by atoms with E-state index in [4.69, 9.17) is 4.74 Å². The Bertz CT molecular complexity index is 527. The molecular weight excluding hydrogens is 238 g/mol. The monoisotopic (exact) mass is 261 g/mol. The van der Waals surface area contributed by atoms with Gasteiger partial charge in [0.25, 0.3) is 0 Å². The summed E-state index contributed by atoms with van der Waals surface area (Å²) in [4.78, 5) is 12.0. The second kappa shape index (κ2) is 4.20. The van der Waals surface area contributed by atoms with Gasteiger partial charge in [0.1, 0.15) is 0 Å². The van der Waals surface area contributed by atoms with Gasteiger partial charge in [-0.2, -0.15) is 0 Å². The van der Waals surface area contributed by atoms with Crippen LogP contribution in [-0.4, -0.2) is 23.6 Å². The van der Waals surface area contributed by atoms with Crippen LogP contribution in [0.3, 0.4) is 0 Å². The van der Waals surface area contributed by atoms with Crippen molar-refractivity contribution in [3.05, 3.63) is 23.0 Å². The molecule has 2 aliphatic rings. The first-order valence-corrected chi connectivity index (χ1v) is 7.23. The second-order valence-electron chi connectivity index (χ2n) is 6.59. The number of carbonyl (C=O) groups is 1. The molecular formula is C16H23NO2. The van der Waals surface area contributed by atoms with Gasteiger partial charge in [0, 0.05) is 41.9 Å². The van der Waals surface area contributed by atoms with E-state index < -0.39 is 0 Å². The summed E-state index contributed by atoms with van der Waals surface area (Å²) >= 11 is 0. The number of carbonyl (C=O) groups excluding carboxylic acids is 1. The van der Waals surface area contributed by atoms with Gasteiger partial charge in [-0.05, 0) is 32.3 Å². The maximum absolute atomic E-state index is 12.0. The fourth-order valence-electron chi connectivity index (χ4n) is 3.89. The molecule has 0 N–H and O–H groups in total. The molecule has 0 aromatic carbocycles. The Balaban J connectivity index is 2.01. The van der Waals surface area contributed by atoms with Gasteiger partial charge in [0.15, 0.2) is 5.78 Å². The van der Waals surface area contributed by atoms with Crippen LogP contribution < -0.4 is 0 Å². The van der Waals surface area contributed by atoms with E-state index in [0.29, 0.717) is 24.3 Å². The summed E-state index contributed by atoms with van der Waals surface area (Å²) in [6.45, 7) is 6.67. The van der Waals surface area contributed by atoms with Crippen molar-refractivity contribution < 1.29 is 9.53 Å². The summed E-state index contributed by atoms with van der Waals surface area (Å²) < 4.78 is 7.97. The third kappa shape index (κ3) is 1.71. The van der Waals surface area contributed by atoms with Crippen molar-refractivity contribution in [1.82, 2.24) is 4.57 Å². The zero-order valence-electron chi connectivity index (χ0n) is 12.3. The van der Waals surface area contributed by atoms with E-state index in [1.54, 1.807) is 7.11 Å². The number of hydrogen-bond donors (Lipinski definition) is 0. The van der Waals surface area contributed by atoms with Gasteiger partial charge in [-0.15, -0.1) is 0 Å². The van der Waals surface area contributed by atoms with Crippen LogP contribution in [0, 0.1) is 12.3 Å². The maximum atomic E-state index is 12.0. The van der Waals surface area contributed by atoms with Crippen molar-refractivity contribution in [2.24, 2.45) is 5.41 Å². The van der Waals surface area contributed by atoms with Crippen molar-refractivity contribution in [2.75, 3.05) is 7.11 Å². The van der Waals surface area contributed by atoms with Gasteiger partial charge in [0.2, 0.25) is 0 Å². The fraction of sp³-hybridized carbons (Fsp3) is 0.688. The molecule has 0 amide bonds. The summed E-state index contributed by atoms with van der Waals surface area (Å²) in [7, 11) is 1.80. The molecule has 104 valence electrons. The number of Topliss-reactive ketones (excluding diaryl/α,β-unsaturated/α-hetero) is 1. The number of rotatable bonds is 2. The van der Waals surface area contributed by atoms with Crippen LogP contribution in [0.25, 0.3) is 0 Å². The highest BCUT2D eigenvalue weighted by Crippen LogP contribution is 2.52. The Hall–Kier alpha value is -1.09. The molecule has 0 aliphatic heterocycles. The topological polar surface area (TPSA) is 31.2 Å². The molecule has 1 aromatic heterocycles. The number of hydrogen-bond acceptors (Lipinski definition) is 2. The number of aryl methyl sites for hydroxylation is 1. The van der Waals surface area contributed by atoms with Gasteiger partial charge in [-0.25, -0.2) is 0 Å². The molecule has 1 saturated carbocycles. The van der Waals surface area contributed by atoms with Crippen LogP contribution in [0.2, 0.25) is 0 Å². The Morgan fingerprint density at radius 1 is 1.37 bits per heavy atom. The minimum absolute atomic E-state index is 0.146. The standard InChI is InChI=1S/C16H23NO2/c1-10-8-11-12(6-5-7-13(11)18)17(10)14-9-15(19-4)16(14,2)3/h8,14-15H,5-7,9H2,1-4H3. The van der Waals surface area contributed by atoms with Crippen molar-refractivity contribution in [3.8, 4) is 0 Å². The third-order valence-electron chi connectivity index (χ3n) is 5.17. The van der Waals surface area contributed by atoms with E-state index >= 15 is 0 Å². The first kappa shape index (κ1) is 12.9. The summed E-state index contributed by atoms with van der Waals surface area (Å²) in [6.07, 6.45) is 4.13. The van der Waals surface area contributed by atoms with Gasteiger partial charge in [0.05, 0.1) is 6.10 Å². The Labute approximate surface area is 114 Å². The first-order valence-electron chi connectivity index (χ1n) is 7.23. The highest BCUT2D eigenvalue weighted by Gasteiger charge is 2.50. The number of aromatic nitrogens is 1. The van der Waals surface area contributed by atoms with Crippen LogP contribution in [-0.2, 0) is 11.2 Å². The van der Waals surface area contributed by atoms with Gasteiger partial charge < -0.3 is 9.30 Å². The SMILES string of the molecule is COC1CC(n2c(C)cc3c2CCCC3=O)C1(C)C. The predicted molar refractivity (Wildman–Crippen MR) is 74.7 cm³/mol. The number of ketones is 1. The fourth-order valence-corrected chi connectivity index (χ4v) is 3.89. The van der Waals surface area contributed by atoms with Crippen molar-refractivity contribution in [2.45, 2.75) is 58.6 Å². The quantitative estimate of drug-likeness (QED) is 0.818. The van der Waals surface area contributed by atoms with E-state index in [1.165, 1.54) is 11.4 Å². The largest absolute Gasteiger partial charge is 0.381 e. The second-order valence-corrected chi connectivity index (χ2v) is 6.59. The maximum Gasteiger partial charge on any atom is 0.164 e. The Kier molecular flexibility index (Phi) is 2.86. The van der Waals surface area contributed by atoms with Gasteiger partial charge in [-0.1, -0.05) is 13.8 Å². The van der Waals surface area contributed by atoms with Crippen LogP contribution in [0.15, 0.2) is 6.07 Å². The lowest BCUT2D eigenvalue weighted by Gasteiger charge is -2.52. The molecule has 19 heavy (non-hydrogen) atoms. The molecule has 3 nitrogen and oxygen atoms in total. The predicted octanol–water partition coefficient (Wildman–Crippen LogP) is 3.30. The van der Waals surface area contributed by atoms with Gasteiger partial charge >= 0.3 is 0 Å². The molecule has 0 spiro atoms. The van der Waals surface area contributed by atoms with E-state index in [0.717, 1.165) is 24.8 Å². The van der Waals surface area contributed by atoms with Crippen molar-refractivity contribution in [3.63, 3.8) is 0 Å². The Morgan fingerprint density at radius 2 is 2.11 bits per heavy atom. The molecule has 1 heterocycles. The van der Waals surface area contributed by atoms with Crippen LogP contribution in [0.4, 0.5) is 0 Å². The molecule has 1 fully saturated rings. The minimum atomic E-state index is 0.146. The van der Waals surface area contributed by atoms with Gasteiger partial charge in [-0.3, -0.25) is 4.79 Å². The average molecular weight is 261 g/mol. The van der Waals surface area contributed by atoms with Crippen molar-refractivity contribution in [1.29, 1.82) is 0 Å². The smallest absolute Gasteiger partial charge is 0.164 e. The normalized spacial score (nSPS) is 28.9. The van der Waals surface area contributed by atoms with E-state index in [9.17, 15) is 4.79 Å². The van der Waals surface area contributed by atoms with E-state index in [1.807, 2.05) is 0 Å². The lowest BCUT2D eigenvalue weighted by Crippen LogP contribution is -2.51. The Morgan fingerprint density at radius 3 is 2.74 bits per heavy atom. The third-order valence-corrected chi connectivity index (χ3v) is 5.17. The number of fused-ring (bicyclic) bond motifs is 1. The molecule has 3 heteroatoms. The number of nitrogens with zero attached hydrogens (tertiary/aromatic N) is 1. The molecule has 1 aromatic rings. The minimum Gasteiger partial charge on any atom is -0.381 e. The molecule has 0 bridgehead atoms. The van der Waals surface area contributed by atoms with E-state index in [2.05, 4.69) is 31.4 Å². The molecule has 0 saturated heterocycles. The summed E-state index contributed by atoms with van der Waals surface area (Å²) in [5.74, 6) is 0.323. The summed E-state index contributed by atoms with van der Waals surface area (Å²) in [6, 6.07) is 2.56.